The van der Waals surface area contributed by atoms with Gasteiger partial charge in [0.1, 0.15) is 5.82 Å². The van der Waals surface area contributed by atoms with Crippen molar-refractivity contribution in [2.75, 3.05) is 0 Å². The van der Waals surface area contributed by atoms with Gasteiger partial charge in [0, 0.05) is 33.0 Å². The average Bonchev–Trinajstić information content (AvgIpc) is 3.09. The van der Waals surface area contributed by atoms with E-state index in [1.54, 1.807) is 6.07 Å². The maximum Gasteiger partial charge on any atom is 0.304 e. The first kappa shape index (κ1) is 17.6. The van der Waals surface area contributed by atoms with Crippen molar-refractivity contribution in [3.8, 4) is 0 Å². The Kier molecular flexibility index (Phi) is 4.53. The van der Waals surface area contributed by atoms with Crippen LogP contribution in [0.5, 0.6) is 0 Å². The van der Waals surface area contributed by atoms with Gasteiger partial charge in [-0.15, -0.1) is 0 Å². The second kappa shape index (κ2) is 6.71. The van der Waals surface area contributed by atoms with Gasteiger partial charge in [0.15, 0.2) is 0 Å². The number of aliphatic carboxylic acids is 1. The van der Waals surface area contributed by atoms with Crippen molar-refractivity contribution in [2.24, 2.45) is 0 Å². The lowest BCUT2D eigenvalue weighted by Crippen LogP contribution is -2.10. The first-order valence-electron chi connectivity index (χ1n) is 8.40. The highest BCUT2D eigenvalue weighted by atomic mass is 79.9. The number of aromatic nitrogens is 1. The Bertz CT molecular complexity index is 1010. The summed E-state index contributed by atoms with van der Waals surface area (Å²) >= 11 is 9.48. The Morgan fingerprint density at radius 2 is 2.04 bits per heavy atom. The Labute approximate surface area is 163 Å². The number of aryl methyl sites for hydroxylation is 1. The van der Waals surface area contributed by atoms with Crippen molar-refractivity contribution in [3.05, 3.63) is 68.5 Å². The monoisotopic (exact) mass is 435 g/mol. The predicted octanol–water partition coefficient (Wildman–Crippen LogP) is 5.75. The van der Waals surface area contributed by atoms with Gasteiger partial charge in [-0.05, 0) is 64.2 Å². The van der Waals surface area contributed by atoms with Gasteiger partial charge in [0.25, 0.3) is 0 Å². The molecule has 0 saturated carbocycles. The average molecular weight is 437 g/mol. The maximum absolute atomic E-state index is 14.0. The van der Waals surface area contributed by atoms with Crippen molar-refractivity contribution < 1.29 is 14.3 Å². The van der Waals surface area contributed by atoms with E-state index >= 15 is 0 Å². The molecule has 1 unspecified atom stereocenters. The second-order valence-corrected chi connectivity index (χ2v) is 7.98. The van der Waals surface area contributed by atoms with E-state index < -0.39 is 5.97 Å². The molecule has 134 valence electrons. The van der Waals surface area contributed by atoms with E-state index in [9.17, 15) is 14.3 Å². The molecule has 1 atom stereocenters. The first-order chi connectivity index (χ1) is 12.4. The molecule has 3 nitrogen and oxygen atoms in total. The van der Waals surface area contributed by atoms with E-state index in [1.165, 1.54) is 6.07 Å². The zero-order chi connectivity index (χ0) is 18.4. The van der Waals surface area contributed by atoms with Crippen molar-refractivity contribution in [3.63, 3.8) is 0 Å². The zero-order valence-corrected chi connectivity index (χ0v) is 16.1. The third-order valence-corrected chi connectivity index (χ3v) is 5.88. The van der Waals surface area contributed by atoms with E-state index in [0.29, 0.717) is 16.0 Å². The molecular weight excluding hydrogens is 421 g/mol. The number of halogens is 3. The van der Waals surface area contributed by atoms with Crippen molar-refractivity contribution >= 4 is 44.4 Å². The minimum Gasteiger partial charge on any atom is -0.481 e. The van der Waals surface area contributed by atoms with Crippen LogP contribution in [0.4, 0.5) is 4.39 Å². The highest BCUT2D eigenvalue weighted by Gasteiger charge is 2.32. The number of carboxylic acid groups (broad SMARTS) is 1. The molecule has 0 fully saturated rings. The molecule has 0 spiro atoms. The van der Waals surface area contributed by atoms with Crippen LogP contribution in [0, 0.1) is 5.82 Å². The predicted molar refractivity (Wildman–Crippen MR) is 103 cm³/mol. The molecule has 0 radical (unpaired) electrons. The molecule has 1 aliphatic rings. The Balaban J connectivity index is 1.91. The van der Waals surface area contributed by atoms with Gasteiger partial charge in [-0.3, -0.25) is 4.79 Å². The van der Waals surface area contributed by atoms with Crippen LogP contribution in [0.2, 0.25) is 5.02 Å². The molecule has 2 aromatic carbocycles. The van der Waals surface area contributed by atoms with Gasteiger partial charge in [-0.1, -0.05) is 23.7 Å². The highest BCUT2D eigenvalue weighted by Crippen LogP contribution is 2.44. The van der Waals surface area contributed by atoms with Crippen LogP contribution >= 0.6 is 27.5 Å². The number of benzene rings is 2. The van der Waals surface area contributed by atoms with Crippen LogP contribution in [-0.4, -0.2) is 15.6 Å². The quantitative estimate of drug-likeness (QED) is 0.566. The zero-order valence-electron chi connectivity index (χ0n) is 13.8. The molecule has 1 aromatic heterocycles. The Morgan fingerprint density at radius 1 is 1.31 bits per heavy atom. The van der Waals surface area contributed by atoms with E-state index in [1.807, 2.05) is 24.3 Å². The van der Waals surface area contributed by atoms with Gasteiger partial charge >= 0.3 is 5.97 Å². The topological polar surface area (TPSA) is 42.2 Å². The summed E-state index contributed by atoms with van der Waals surface area (Å²) in [6.07, 6.45) is 1.64. The second-order valence-electron chi connectivity index (χ2n) is 6.69. The van der Waals surface area contributed by atoms with Crippen LogP contribution in [-0.2, 0) is 17.8 Å². The molecule has 0 saturated heterocycles. The normalized spacial score (nSPS) is 16.2. The number of rotatable bonds is 4. The summed E-state index contributed by atoms with van der Waals surface area (Å²) < 4.78 is 16.8. The first-order valence-corrected chi connectivity index (χ1v) is 9.57. The molecule has 6 heteroatoms. The summed E-state index contributed by atoms with van der Waals surface area (Å²) in [7, 11) is 0. The molecule has 1 aliphatic carbocycles. The van der Waals surface area contributed by atoms with Gasteiger partial charge in [0.2, 0.25) is 0 Å². The number of hydrogen-bond acceptors (Lipinski definition) is 1. The van der Waals surface area contributed by atoms with Gasteiger partial charge in [-0.2, -0.15) is 0 Å². The summed E-state index contributed by atoms with van der Waals surface area (Å²) in [5.74, 6) is -1.16. The fourth-order valence-corrected chi connectivity index (χ4v) is 4.79. The third-order valence-electron chi connectivity index (χ3n) is 5.03. The summed E-state index contributed by atoms with van der Waals surface area (Å²) in [5.41, 5.74) is 4.07. The number of fused-ring (bicyclic) bond motifs is 3. The van der Waals surface area contributed by atoms with E-state index in [-0.39, 0.29) is 18.2 Å². The number of carboxylic acids is 1. The van der Waals surface area contributed by atoms with Gasteiger partial charge < -0.3 is 9.67 Å². The highest BCUT2D eigenvalue weighted by molar-refractivity contribution is 9.10. The fourth-order valence-electron chi connectivity index (χ4n) is 4.02. The molecule has 1 N–H and O–H groups in total. The van der Waals surface area contributed by atoms with Gasteiger partial charge in [0.05, 0.1) is 11.9 Å². The van der Waals surface area contributed by atoms with E-state index in [2.05, 4.69) is 20.5 Å². The standard InChI is InChI=1S/C20H16BrClFNO2/c21-17-9-14(23)8-16-15-6-3-12(7-18(25)26)19(15)24(20(16)17)10-11-1-4-13(22)5-2-11/h1-2,4-5,8-9,12H,3,6-7,10H2,(H,25,26). The molecule has 26 heavy (non-hydrogen) atoms. The summed E-state index contributed by atoms with van der Waals surface area (Å²) in [6.45, 7) is 0.587. The maximum atomic E-state index is 14.0. The lowest BCUT2D eigenvalue weighted by molar-refractivity contribution is -0.137. The molecule has 0 bridgehead atoms. The van der Waals surface area contributed by atoms with Crippen LogP contribution < -0.4 is 0 Å². The molecular formula is C20H16BrClFNO2. The molecule has 0 aliphatic heterocycles. The van der Waals surface area contributed by atoms with Crippen LogP contribution in [0.25, 0.3) is 10.9 Å². The van der Waals surface area contributed by atoms with Crippen LogP contribution in [0.3, 0.4) is 0 Å². The number of nitrogens with zero attached hydrogens (tertiary/aromatic N) is 1. The van der Waals surface area contributed by atoms with Crippen LogP contribution in [0.1, 0.15) is 35.6 Å². The summed E-state index contributed by atoms with van der Waals surface area (Å²) in [4.78, 5) is 11.3. The largest absolute Gasteiger partial charge is 0.481 e. The van der Waals surface area contributed by atoms with Crippen molar-refractivity contribution in [2.45, 2.75) is 31.7 Å². The SMILES string of the molecule is O=C(O)CC1CCc2c1n(Cc1ccc(Cl)cc1)c1c(Br)cc(F)cc21. The fraction of sp³-hybridized carbons (Fsp3) is 0.250. The third kappa shape index (κ3) is 3.03. The minimum atomic E-state index is -0.809. The number of hydrogen-bond donors (Lipinski definition) is 1. The molecule has 3 aromatic rings. The lowest BCUT2D eigenvalue weighted by Gasteiger charge is -2.16. The molecule has 0 amide bonds. The smallest absolute Gasteiger partial charge is 0.304 e. The Hall–Kier alpha value is -1.85. The Morgan fingerprint density at radius 3 is 2.73 bits per heavy atom. The molecule has 4 rings (SSSR count). The van der Waals surface area contributed by atoms with Crippen molar-refractivity contribution in [1.82, 2.24) is 4.57 Å². The molecule has 1 heterocycles. The van der Waals surface area contributed by atoms with Crippen molar-refractivity contribution in [1.29, 1.82) is 0 Å². The summed E-state index contributed by atoms with van der Waals surface area (Å²) in [6, 6.07) is 10.6. The lowest BCUT2D eigenvalue weighted by atomic mass is 10.0. The minimum absolute atomic E-state index is 0.0582. The van der Waals surface area contributed by atoms with Crippen LogP contribution in [0.15, 0.2) is 40.9 Å². The summed E-state index contributed by atoms with van der Waals surface area (Å²) in [5, 5.41) is 10.8. The van der Waals surface area contributed by atoms with E-state index in [0.717, 1.165) is 40.6 Å². The van der Waals surface area contributed by atoms with Gasteiger partial charge in [-0.25, -0.2) is 4.39 Å². The van der Waals surface area contributed by atoms with E-state index in [4.69, 9.17) is 11.6 Å². The number of carbonyl (C=O) groups is 1.